The molecule has 288 valence electrons. The fraction of sp³-hybridized carbons (Fsp3) is 0.0345. The maximum absolute atomic E-state index is 6.31. The summed E-state index contributed by atoms with van der Waals surface area (Å²) in [7, 11) is 0. The van der Waals surface area contributed by atoms with E-state index in [4.69, 9.17) is 4.42 Å². The third kappa shape index (κ3) is 6.20. The molecule has 0 radical (unpaired) electrons. The summed E-state index contributed by atoms with van der Waals surface area (Å²) in [6.07, 6.45) is 5.74. The molecule has 0 bridgehead atoms. The van der Waals surface area contributed by atoms with E-state index in [9.17, 15) is 0 Å². The fourth-order valence-electron chi connectivity index (χ4n) is 9.47. The number of hydrogen-bond acceptors (Lipinski definition) is 3. The minimum Gasteiger partial charge on any atom is -0.456 e. The highest BCUT2D eigenvalue weighted by molar-refractivity contribution is 8.03. The van der Waals surface area contributed by atoms with Gasteiger partial charge in [0.25, 0.3) is 0 Å². The highest BCUT2D eigenvalue weighted by Gasteiger charge is 2.31. The van der Waals surface area contributed by atoms with Crippen LogP contribution < -0.4 is 4.90 Å². The lowest BCUT2D eigenvalue weighted by Gasteiger charge is -2.29. The van der Waals surface area contributed by atoms with Crippen molar-refractivity contribution in [2.24, 2.45) is 0 Å². The first-order valence-electron chi connectivity index (χ1n) is 21.0. The number of thioether (sulfide) groups is 1. The SMILES string of the molecule is C1=CC(c2cccc(N(c3ccc(-c4ccccc4)cc3)c3ccc(-c4ccc5ccc6oc7ccccc7c6c5c4)cc3-c3ccccc3)c2)=C2Sc3ccccc3C2C1. The molecule has 9 aromatic carbocycles. The van der Waals surface area contributed by atoms with Crippen LogP contribution in [0.5, 0.6) is 0 Å². The number of rotatable bonds is 7. The van der Waals surface area contributed by atoms with Crippen LogP contribution in [0.25, 0.3) is 71.7 Å². The highest BCUT2D eigenvalue weighted by Crippen LogP contribution is 2.55. The van der Waals surface area contributed by atoms with Gasteiger partial charge in [0.2, 0.25) is 0 Å². The van der Waals surface area contributed by atoms with Crippen molar-refractivity contribution in [2.75, 3.05) is 4.90 Å². The third-order valence-electron chi connectivity index (χ3n) is 12.4. The van der Waals surface area contributed by atoms with Gasteiger partial charge in [-0.15, -0.1) is 0 Å². The number of anilines is 3. The molecular formula is C58H39NOS. The molecule has 0 spiro atoms. The molecule has 1 unspecified atom stereocenters. The summed E-state index contributed by atoms with van der Waals surface area (Å²) in [6.45, 7) is 0. The van der Waals surface area contributed by atoms with E-state index in [1.54, 1.807) is 0 Å². The first-order valence-corrected chi connectivity index (χ1v) is 21.8. The molecule has 2 heterocycles. The van der Waals surface area contributed by atoms with Gasteiger partial charge in [0.1, 0.15) is 11.2 Å². The van der Waals surface area contributed by atoms with Crippen molar-refractivity contribution in [3.8, 4) is 33.4 Å². The molecule has 1 aliphatic heterocycles. The first kappa shape index (κ1) is 35.6. The Labute approximate surface area is 359 Å². The Bertz CT molecular complexity index is 3360. The largest absolute Gasteiger partial charge is 0.456 e. The van der Waals surface area contributed by atoms with E-state index in [1.807, 2.05) is 17.8 Å². The van der Waals surface area contributed by atoms with Crippen LogP contribution in [0, 0.1) is 0 Å². The molecule has 0 amide bonds. The van der Waals surface area contributed by atoms with Gasteiger partial charge >= 0.3 is 0 Å². The standard InChI is InChI=1S/C58H39NOS/c1-3-13-38(14-4-1)39-27-31-45(32-28-39)59(46-18-11-17-44(35-46)47-21-12-22-49-48-19-8-10-24-56(48)61-58(47)49)53-33-29-43(36-51(53)40-15-5-2-6-16-40)42-26-25-41-30-34-55-57(52(41)37-42)50-20-7-9-23-54(50)60-55/h1-21,23-37,49H,22H2. The van der Waals surface area contributed by atoms with Crippen molar-refractivity contribution in [3.63, 3.8) is 0 Å². The van der Waals surface area contributed by atoms with Gasteiger partial charge in [0.15, 0.2) is 0 Å². The summed E-state index contributed by atoms with van der Waals surface area (Å²) in [5.41, 5.74) is 16.2. The van der Waals surface area contributed by atoms with Crippen molar-refractivity contribution < 1.29 is 4.42 Å². The molecule has 1 aliphatic carbocycles. The normalized spacial score (nSPS) is 14.5. The van der Waals surface area contributed by atoms with Crippen molar-refractivity contribution in [3.05, 3.63) is 234 Å². The van der Waals surface area contributed by atoms with Crippen LogP contribution in [0.1, 0.15) is 23.5 Å². The maximum Gasteiger partial charge on any atom is 0.136 e. The Morgan fingerprint density at radius 1 is 0.475 bits per heavy atom. The molecule has 3 heteroatoms. The van der Waals surface area contributed by atoms with Gasteiger partial charge in [0.05, 0.1) is 5.69 Å². The summed E-state index contributed by atoms with van der Waals surface area (Å²) in [5.74, 6) is 0.405. The molecule has 0 saturated heterocycles. The Morgan fingerprint density at radius 3 is 2.03 bits per heavy atom. The number of benzene rings is 9. The van der Waals surface area contributed by atoms with E-state index in [1.165, 1.54) is 48.4 Å². The quantitative estimate of drug-likeness (QED) is 0.160. The van der Waals surface area contributed by atoms with Gasteiger partial charge in [-0.25, -0.2) is 0 Å². The molecule has 10 aromatic rings. The average molecular weight is 798 g/mol. The number of fused-ring (bicyclic) bond motifs is 8. The second kappa shape index (κ2) is 14.7. The topological polar surface area (TPSA) is 16.4 Å². The van der Waals surface area contributed by atoms with Gasteiger partial charge in [-0.3, -0.25) is 0 Å². The van der Waals surface area contributed by atoms with Crippen LogP contribution in [0.3, 0.4) is 0 Å². The predicted molar refractivity (Wildman–Crippen MR) is 258 cm³/mol. The lowest BCUT2D eigenvalue weighted by molar-refractivity contribution is 0.669. The van der Waals surface area contributed by atoms with E-state index in [2.05, 4.69) is 217 Å². The smallest absolute Gasteiger partial charge is 0.136 e. The monoisotopic (exact) mass is 797 g/mol. The number of furan rings is 1. The van der Waals surface area contributed by atoms with E-state index in [-0.39, 0.29) is 0 Å². The Morgan fingerprint density at radius 2 is 1.16 bits per heavy atom. The fourth-order valence-corrected chi connectivity index (χ4v) is 10.8. The number of nitrogens with zero attached hydrogens (tertiary/aromatic N) is 1. The zero-order valence-electron chi connectivity index (χ0n) is 33.3. The van der Waals surface area contributed by atoms with Crippen molar-refractivity contribution >= 4 is 67.1 Å². The van der Waals surface area contributed by atoms with Crippen LogP contribution >= 0.6 is 11.8 Å². The predicted octanol–water partition coefficient (Wildman–Crippen LogP) is 16.8. The third-order valence-corrected chi connectivity index (χ3v) is 13.7. The minimum absolute atomic E-state index is 0.405. The van der Waals surface area contributed by atoms with Crippen LogP contribution in [-0.4, -0.2) is 0 Å². The minimum atomic E-state index is 0.405. The van der Waals surface area contributed by atoms with Crippen molar-refractivity contribution in [1.29, 1.82) is 0 Å². The maximum atomic E-state index is 6.31. The lowest BCUT2D eigenvalue weighted by atomic mass is 9.87. The highest BCUT2D eigenvalue weighted by atomic mass is 32.2. The average Bonchev–Trinajstić information content (AvgIpc) is 3.92. The van der Waals surface area contributed by atoms with E-state index < -0.39 is 0 Å². The summed E-state index contributed by atoms with van der Waals surface area (Å²) in [5, 5.41) is 4.70. The summed E-state index contributed by atoms with van der Waals surface area (Å²) >= 11 is 1.94. The molecule has 61 heavy (non-hydrogen) atoms. The molecule has 1 atom stereocenters. The van der Waals surface area contributed by atoms with Crippen molar-refractivity contribution in [1.82, 2.24) is 0 Å². The van der Waals surface area contributed by atoms with Crippen LogP contribution in [0.2, 0.25) is 0 Å². The second-order valence-electron chi connectivity index (χ2n) is 16.0. The Balaban J connectivity index is 1.03. The van der Waals surface area contributed by atoms with Crippen LogP contribution in [0.15, 0.2) is 233 Å². The molecule has 0 fully saturated rings. The zero-order valence-corrected chi connectivity index (χ0v) is 34.1. The van der Waals surface area contributed by atoms with Crippen LogP contribution in [-0.2, 0) is 0 Å². The van der Waals surface area contributed by atoms with Gasteiger partial charge in [0, 0.05) is 43.4 Å². The van der Waals surface area contributed by atoms with Gasteiger partial charge in [-0.05, 0) is 122 Å². The first-order chi connectivity index (χ1) is 30.2. The summed E-state index contributed by atoms with van der Waals surface area (Å²) in [4.78, 5) is 5.27. The molecule has 0 N–H and O–H groups in total. The van der Waals surface area contributed by atoms with Gasteiger partial charge in [-0.2, -0.15) is 0 Å². The molecule has 1 aromatic heterocycles. The second-order valence-corrected chi connectivity index (χ2v) is 17.1. The number of hydrogen-bond donors (Lipinski definition) is 0. The van der Waals surface area contributed by atoms with Crippen LogP contribution in [0.4, 0.5) is 17.1 Å². The molecule has 0 saturated carbocycles. The van der Waals surface area contributed by atoms with E-state index in [0.717, 1.165) is 67.7 Å². The van der Waals surface area contributed by atoms with Gasteiger partial charge in [-0.1, -0.05) is 170 Å². The summed E-state index contributed by atoms with van der Waals surface area (Å²) in [6, 6.07) is 75.0. The van der Waals surface area contributed by atoms with Crippen molar-refractivity contribution in [2.45, 2.75) is 17.2 Å². The Kier molecular flexibility index (Phi) is 8.60. The lowest BCUT2D eigenvalue weighted by Crippen LogP contribution is -2.12. The zero-order chi connectivity index (χ0) is 40.3. The molecule has 2 nitrogen and oxygen atoms in total. The number of para-hydroxylation sites is 1. The van der Waals surface area contributed by atoms with E-state index >= 15 is 0 Å². The Hall–Kier alpha value is -7.33. The number of allylic oxidation sites excluding steroid dienone is 4. The molecular weight excluding hydrogens is 759 g/mol. The van der Waals surface area contributed by atoms with Gasteiger partial charge < -0.3 is 9.32 Å². The summed E-state index contributed by atoms with van der Waals surface area (Å²) < 4.78 is 6.31. The van der Waals surface area contributed by atoms with E-state index in [0.29, 0.717) is 5.92 Å². The molecule has 12 rings (SSSR count). The molecule has 2 aliphatic rings.